The number of amides is 2. The number of carbonyl (C=O) groups is 1. The summed E-state index contributed by atoms with van der Waals surface area (Å²) in [6.45, 7) is 2.18. The molecule has 156 valence electrons. The number of benzene rings is 2. The van der Waals surface area contributed by atoms with Gasteiger partial charge in [-0.15, -0.1) is 0 Å². The highest BCUT2D eigenvalue weighted by Gasteiger charge is 2.26. The lowest BCUT2D eigenvalue weighted by Gasteiger charge is -2.24. The van der Waals surface area contributed by atoms with Crippen LogP contribution in [0.15, 0.2) is 84.0 Å². The lowest BCUT2D eigenvalue weighted by Crippen LogP contribution is -2.30. The van der Waals surface area contributed by atoms with Crippen molar-refractivity contribution in [3.8, 4) is 0 Å². The van der Waals surface area contributed by atoms with E-state index >= 15 is 0 Å². The number of urea groups is 1. The summed E-state index contributed by atoms with van der Waals surface area (Å²) in [6, 6.07) is 18.5. The molecule has 3 rings (SSSR count). The molecule has 0 aliphatic rings. The maximum Gasteiger partial charge on any atom is 0.319 e. The van der Waals surface area contributed by atoms with E-state index in [-0.39, 0.29) is 17.0 Å². The summed E-state index contributed by atoms with van der Waals surface area (Å²) in [5.74, 6) is 0. The molecule has 0 saturated carbocycles. The molecule has 3 aromatic rings. The third kappa shape index (κ3) is 5.22. The van der Waals surface area contributed by atoms with Crippen molar-refractivity contribution in [3.05, 3.63) is 90.3 Å². The zero-order valence-electron chi connectivity index (χ0n) is 16.8. The average Bonchev–Trinajstić information content (AvgIpc) is 2.78. The van der Waals surface area contributed by atoms with Crippen molar-refractivity contribution in [3.63, 3.8) is 0 Å². The smallest absolute Gasteiger partial charge is 0.319 e. The van der Waals surface area contributed by atoms with E-state index in [2.05, 4.69) is 15.6 Å². The first-order chi connectivity index (χ1) is 14.4. The number of carbonyl (C=O) groups excluding carboxylic acids is 1. The van der Waals surface area contributed by atoms with E-state index in [0.717, 1.165) is 11.1 Å². The molecule has 8 heteroatoms. The van der Waals surface area contributed by atoms with Crippen molar-refractivity contribution in [2.24, 2.45) is 0 Å². The van der Waals surface area contributed by atoms with E-state index in [9.17, 15) is 13.2 Å². The Morgan fingerprint density at radius 3 is 2.37 bits per heavy atom. The predicted octanol–water partition coefficient (Wildman–Crippen LogP) is 3.79. The van der Waals surface area contributed by atoms with E-state index in [4.69, 9.17) is 0 Å². The number of nitrogens with one attached hydrogen (secondary N) is 2. The summed E-state index contributed by atoms with van der Waals surface area (Å²) in [7, 11) is -2.12. The van der Waals surface area contributed by atoms with E-state index in [1.165, 1.54) is 16.4 Å². The molecular formula is C22H24N4O3S. The van der Waals surface area contributed by atoms with Crippen LogP contribution in [-0.4, -0.2) is 30.8 Å². The Labute approximate surface area is 176 Å². The Hall–Kier alpha value is -3.23. The van der Waals surface area contributed by atoms with Gasteiger partial charge in [-0.1, -0.05) is 36.4 Å². The topological polar surface area (TPSA) is 91.4 Å². The molecule has 0 spiro atoms. The van der Waals surface area contributed by atoms with Crippen molar-refractivity contribution in [2.75, 3.05) is 12.4 Å². The second-order valence-corrected chi connectivity index (χ2v) is 8.80. The molecular weight excluding hydrogens is 400 g/mol. The Balaban J connectivity index is 1.63. The molecule has 1 atom stereocenters. The van der Waals surface area contributed by atoms with Crippen LogP contribution in [0.3, 0.4) is 0 Å². The van der Waals surface area contributed by atoms with Crippen LogP contribution in [0.2, 0.25) is 0 Å². The number of anilines is 1. The van der Waals surface area contributed by atoms with E-state index in [1.807, 2.05) is 43.3 Å². The maximum absolute atomic E-state index is 13.0. The van der Waals surface area contributed by atoms with E-state index in [0.29, 0.717) is 12.2 Å². The number of hydrogen-bond donors (Lipinski definition) is 2. The van der Waals surface area contributed by atoms with Crippen molar-refractivity contribution < 1.29 is 13.2 Å². The number of pyridine rings is 1. The van der Waals surface area contributed by atoms with Crippen molar-refractivity contribution in [2.45, 2.75) is 24.4 Å². The van der Waals surface area contributed by atoms with Crippen molar-refractivity contribution in [1.29, 1.82) is 0 Å². The Morgan fingerprint density at radius 2 is 1.73 bits per heavy atom. The maximum atomic E-state index is 13.0. The fourth-order valence-electron chi connectivity index (χ4n) is 2.89. The summed E-state index contributed by atoms with van der Waals surface area (Å²) in [5, 5.41) is 5.42. The van der Waals surface area contributed by atoms with Gasteiger partial charge in [0.15, 0.2) is 0 Å². The number of nitrogens with zero attached hydrogens (tertiary/aromatic N) is 2. The van der Waals surface area contributed by atoms with Gasteiger partial charge in [-0.25, -0.2) is 13.2 Å². The normalized spacial score (nSPS) is 12.4. The van der Waals surface area contributed by atoms with Gasteiger partial charge in [-0.3, -0.25) is 4.98 Å². The number of aromatic nitrogens is 1. The molecule has 0 aliphatic heterocycles. The van der Waals surface area contributed by atoms with Gasteiger partial charge in [0.1, 0.15) is 0 Å². The Kier molecular flexibility index (Phi) is 6.81. The Morgan fingerprint density at radius 1 is 1.03 bits per heavy atom. The molecule has 0 aliphatic carbocycles. The molecule has 7 nitrogen and oxygen atoms in total. The fourth-order valence-corrected chi connectivity index (χ4v) is 4.24. The minimum atomic E-state index is -3.68. The van der Waals surface area contributed by atoms with Gasteiger partial charge in [0.2, 0.25) is 10.0 Å². The minimum absolute atomic E-state index is 0.161. The molecule has 0 saturated heterocycles. The summed E-state index contributed by atoms with van der Waals surface area (Å²) >= 11 is 0. The molecule has 2 aromatic carbocycles. The average molecular weight is 425 g/mol. The SMILES string of the molecule is CC(c1ccccc1)N(C)S(=O)(=O)c1ccc(NC(=O)NCc2cccnc2)cc1. The third-order valence-electron chi connectivity index (χ3n) is 4.79. The molecule has 30 heavy (non-hydrogen) atoms. The van der Waals surface area contributed by atoms with E-state index in [1.54, 1.807) is 37.6 Å². The molecule has 2 amide bonds. The van der Waals surface area contributed by atoms with Crippen molar-refractivity contribution >= 4 is 21.7 Å². The fraction of sp³-hybridized carbons (Fsp3) is 0.182. The number of rotatable bonds is 7. The molecule has 0 fully saturated rings. The first-order valence-electron chi connectivity index (χ1n) is 9.45. The van der Waals surface area contributed by atoms with Crippen LogP contribution >= 0.6 is 0 Å². The second-order valence-electron chi connectivity index (χ2n) is 6.80. The lowest BCUT2D eigenvalue weighted by molar-refractivity contribution is 0.251. The van der Waals surface area contributed by atoms with Gasteiger partial charge in [0, 0.05) is 37.7 Å². The number of sulfonamides is 1. The monoisotopic (exact) mass is 424 g/mol. The van der Waals surface area contributed by atoms with Gasteiger partial charge in [0.25, 0.3) is 0 Å². The molecule has 0 bridgehead atoms. The van der Waals surface area contributed by atoms with Crippen molar-refractivity contribution in [1.82, 2.24) is 14.6 Å². The molecule has 0 radical (unpaired) electrons. The van der Waals surface area contributed by atoms with Crippen LogP contribution in [0.25, 0.3) is 0 Å². The number of hydrogen-bond acceptors (Lipinski definition) is 4. The Bertz CT molecular complexity index is 1070. The van der Waals surface area contributed by atoms with Gasteiger partial charge in [0.05, 0.1) is 4.90 Å². The van der Waals surface area contributed by atoms with Gasteiger partial charge >= 0.3 is 6.03 Å². The first-order valence-corrected chi connectivity index (χ1v) is 10.9. The minimum Gasteiger partial charge on any atom is -0.334 e. The molecule has 1 unspecified atom stereocenters. The highest BCUT2D eigenvalue weighted by atomic mass is 32.2. The summed E-state index contributed by atoms with van der Waals surface area (Å²) < 4.78 is 27.3. The standard InChI is InChI=1S/C22H24N4O3S/c1-17(19-8-4-3-5-9-19)26(2)30(28,29)21-12-10-20(11-13-21)25-22(27)24-16-18-7-6-14-23-15-18/h3-15,17H,16H2,1-2H3,(H2,24,25,27). The van der Waals surface area contributed by atoms with Crippen LogP contribution < -0.4 is 10.6 Å². The zero-order valence-corrected chi connectivity index (χ0v) is 17.6. The third-order valence-corrected chi connectivity index (χ3v) is 6.73. The molecule has 1 aromatic heterocycles. The van der Waals surface area contributed by atoms with Crippen LogP contribution in [0.5, 0.6) is 0 Å². The van der Waals surface area contributed by atoms with E-state index < -0.39 is 10.0 Å². The lowest BCUT2D eigenvalue weighted by atomic mass is 10.1. The van der Waals surface area contributed by atoms with Crippen LogP contribution in [0.4, 0.5) is 10.5 Å². The zero-order chi connectivity index (χ0) is 21.6. The molecule has 2 N–H and O–H groups in total. The second kappa shape index (κ2) is 9.51. The highest BCUT2D eigenvalue weighted by molar-refractivity contribution is 7.89. The summed E-state index contributed by atoms with van der Waals surface area (Å²) in [6.07, 6.45) is 3.34. The summed E-state index contributed by atoms with van der Waals surface area (Å²) in [5.41, 5.74) is 2.29. The largest absolute Gasteiger partial charge is 0.334 e. The van der Waals surface area contributed by atoms with Gasteiger partial charge in [-0.05, 0) is 48.4 Å². The van der Waals surface area contributed by atoms with Gasteiger partial charge in [-0.2, -0.15) is 4.31 Å². The first kappa shape index (κ1) is 21.5. The van der Waals surface area contributed by atoms with Gasteiger partial charge < -0.3 is 10.6 Å². The van der Waals surface area contributed by atoms with Crippen LogP contribution in [0.1, 0.15) is 24.1 Å². The predicted molar refractivity (Wildman–Crippen MR) is 116 cm³/mol. The molecule has 1 heterocycles. The van der Waals surface area contributed by atoms with Crippen LogP contribution in [0, 0.1) is 0 Å². The quantitative estimate of drug-likeness (QED) is 0.604. The summed E-state index contributed by atoms with van der Waals surface area (Å²) in [4.78, 5) is 16.2. The highest BCUT2D eigenvalue weighted by Crippen LogP contribution is 2.26. The van der Waals surface area contributed by atoms with Crippen LogP contribution in [-0.2, 0) is 16.6 Å².